The van der Waals surface area contributed by atoms with Crippen LogP contribution in [0.5, 0.6) is 0 Å². The SMILES string of the molecule is CNC(c1cc(C)c(C)s1)c1cccc2ccsc12. The predicted octanol–water partition coefficient (Wildman–Crippen LogP) is 4.89. The fraction of sp³-hybridized carbons (Fsp3) is 0.250. The normalized spacial score (nSPS) is 13.0. The first-order chi connectivity index (χ1) is 9.20. The minimum absolute atomic E-state index is 0.291. The molecule has 1 aromatic carbocycles. The van der Waals surface area contributed by atoms with Crippen LogP contribution < -0.4 is 5.32 Å². The first-order valence-electron chi connectivity index (χ1n) is 6.41. The zero-order chi connectivity index (χ0) is 13.4. The molecule has 0 saturated heterocycles. The molecule has 98 valence electrons. The minimum atomic E-state index is 0.291. The molecular formula is C16H17NS2. The molecule has 1 N–H and O–H groups in total. The Kier molecular flexibility index (Phi) is 3.44. The molecule has 1 atom stereocenters. The number of nitrogens with one attached hydrogen (secondary N) is 1. The summed E-state index contributed by atoms with van der Waals surface area (Å²) < 4.78 is 1.39. The van der Waals surface area contributed by atoms with Gasteiger partial charge in [-0.05, 0) is 54.9 Å². The molecule has 1 nitrogen and oxygen atoms in total. The number of benzene rings is 1. The maximum absolute atomic E-state index is 3.47. The lowest BCUT2D eigenvalue weighted by Crippen LogP contribution is -2.16. The van der Waals surface area contributed by atoms with Gasteiger partial charge in [0.1, 0.15) is 0 Å². The van der Waals surface area contributed by atoms with Crippen LogP contribution >= 0.6 is 22.7 Å². The van der Waals surface area contributed by atoms with Crippen molar-refractivity contribution in [1.82, 2.24) is 5.32 Å². The second kappa shape index (κ2) is 5.08. The van der Waals surface area contributed by atoms with E-state index in [0.29, 0.717) is 6.04 Å². The molecule has 3 aromatic rings. The topological polar surface area (TPSA) is 12.0 Å². The smallest absolute Gasteiger partial charge is 0.0682 e. The molecule has 0 bridgehead atoms. The van der Waals surface area contributed by atoms with Crippen LogP contribution in [0.1, 0.15) is 26.9 Å². The Morgan fingerprint density at radius 2 is 2.00 bits per heavy atom. The summed E-state index contributed by atoms with van der Waals surface area (Å²) in [5.41, 5.74) is 2.77. The van der Waals surface area contributed by atoms with Crippen molar-refractivity contribution >= 4 is 32.8 Å². The van der Waals surface area contributed by atoms with Gasteiger partial charge >= 0.3 is 0 Å². The molecule has 2 heterocycles. The summed E-state index contributed by atoms with van der Waals surface area (Å²) in [5, 5.41) is 6.99. The Hall–Kier alpha value is -1.16. The van der Waals surface area contributed by atoms with Crippen LogP contribution in [0.2, 0.25) is 0 Å². The molecule has 0 amide bonds. The Bertz CT molecular complexity index is 689. The van der Waals surface area contributed by atoms with E-state index in [-0.39, 0.29) is 0 Å². The van der Waals surface area contributed by atoms with Crippen molar-refractivity contribution in [3.8, 4) is 0 Å². The van der Waals surface area contributed by atoms with Crippen LogP contribution in [0.4, 0.5) is 0 Å². The van der Waals surface area contributed by atoms with Gasteiger partial charge in [-0.3, -0.25) is 0 Å². The highest BCUT2D eigenvalue weighted by Gasteiger charge is 2.17. The van der Waals surface area contributed by atoms with E-state index in [4.69, 9.17) is 0 Å². The lowest BCUT2D eigenvalue weighted by molar-refractivity contribution is 0.709. The van der Waals surface area contributed by atoms with Crippen LogP contribution in [0.25, 0.3) is 10.1 Å². The summed E-state index contributed by atoms with van der Waals surface area (Å²) in [6.45, 7) is 4.38. The Morgan fingerprint density at radius 1 is 1.16 bits per heavy atom. The lowest BCUT2D eigenvalue weighted by atomic mass is 10.0. The van der Waals surface area contributed by atoms with E-state index in [0.717, 1.165) is 0 Å². The van der Waals surface area contributed by atoms with E-state index in [2.05, 4.69) is 54.9 Å². The van der Waals surface area contributed by atoms with Crippen LogP contribution in [0, 0.1) is 13.8 Å². The maximum Gasteiger partial charge on any atom is 0.0682 e. The van der Waals surface area contributed by atoms with Crippen molar-refractivity contribution in [2.24, 2.45) is 0 Å². The second-order valence-electron chi connectivity index (χ2n) is 4.80. The monoisotopic (exact) mass is 287 g/mol. The van der Waals surface area contributed by atoms with Crippen molar-refractivity contribution in [3.63, 3.8) is 0 Å². The Morgan fingerprint density at radius 3 is 2.68 bits per heavy atom. The third kappa shape index (κ3) is 2.22. The highest BCUT2D eigenvalue weighted by molar-refractivity contribution is 7.17. The average molecular weight is 287 g/mol. The summed E-state index contributed by atoms with van der Waals surface area (Å²) in [7, 11) is 2.04. The molecule has 0 aliphatic carbocycles. The van der Waals surface area contributed by atoms with Gasteiger partial charge in [-0.2, -0.15) is 0 Å². The highest BCUT2D eigenvalue weighted by Crippen LogP contribution is 2.35. The van der Waals surface area contributed by atoms with E-state index in [1.165, 1.54) is 31.0 Å². The molecule has 0 aliphatic heterocycles. The molecule has 0 saturated carbocycles. The van der Waals surface area contributed by atoms with Gasteiger partial charge in [0.25, 0.3) is 0 Å². The number of aryl methyl sites for hydroxylation is 2. The fourth-order valence-electron chi connectivity index (χ4n) is 2.44. The first kappa shape index (κ1) is 12.9. The number of rotatable bonds is 3. The molecule has 0 spiro atoms. The highest BCUT2D eigenvalue weighted by atomic mass is 32.1. The van der Waals surface area contributed by atoms with Crippen molar-refractivity contribution < 1.29 is 0 Å². The van der Waals surface area contributed by atoms with E-state index in [1.54, 1.807) is 0 Å². The maximum atomic E-state index is 3.47. The molecular weight excluding hydrogens is 270 g/mol. The Labute approximate surface area is 121 Å². The van der Waals surface area contributed by atoms with E-state index >= 15 is 0 Å². The molecule has 1 unspecified atom stereocenters. The van der Waals surface area contributed by atoms with Gasteiger partial charge in [-0.15, -0.1) is 22.7 Å². The van der Waals surface area contributed by atoms with Gasteiger partial charge in [0.2, 0.25) is 0 Å². The fourth-order valence-corrected chi connectivity index (χ4v) is 4.56. The lowest BCUT2D eigenvalue weighted by Gasteiger charge is -2.16. The summed E-state index contributed by atoms with van der Waals surface area (Å²) in [5.74, 6) is 0. The molecule has 3 heteroatoms. The van der Waals surface area contributed by atoms with E-state index in [9.17, 15) is 0 Å². The third-order valence-corrected chi connectivity index (χ3v) is 5.78. The van der Waals surface area contributed by atoms with Gasteiger partial charge in [-0.1, -0.05) is 18.2 Å². The largest absolute Gasteiger partial charge is 0.309 e. The zero-order valence-corrected chi connectivity index (χ0v) is 13.0. The molecule has 0 fully saturated rings. The number of fused-ring (bicyclic) bond motifs is 1. The van der Waals surface area contributed by atoms with Crippen molar-refractivity contribution in [2.45, 2.75) is 19.9 Å². The first-order valence-corrected chi connectivity index (χ1v) is 8.10. The second-order valence-corrected chi connectivity index (χ2v) is 7.00. The van der Waals surface area contributed by atoms with Gasteiger partial charge in [0, 0.05) is 14.5 Å². The summed E-state index contributed by atoms with van der Waals surface area (Å²) in [6, 6.07) is 11.4. The average Bonchev–Trinajstić information content (AvgIpc) is 2.99. The van der Waals surface area contributed by atoms with Gasteiger partial charge in [0.15, 0.2) is 0 Å². The summed E-state index contributed by atoms with van der Waals surface area (Å²) in [4.78, 5) is 2.81. The quantitative estimate of drug-likeness (QED) is 0.723. The van der Waals surface area contributed by atoms with Crippen LogP contribution in [-0.2, 0) is 0 Å². The van der Waals surface area contributed by atoms with Crippen LogP contribution in [-0.4, -0.2) is 7.05 Å². The third-order valence-electron chi connectivity index (χ3n) is 3.58. The van der Waals surface area contributed by atoms with E-state index in [1.807, 2.05) is 29.7 Å². The minimum Gasteiger partial charge on any atom is -0.309 e. The van der Waals surface area contributed by atoms with Crippen LogP contribution in [0.3, 0.4) is 0 Å². The predicted molar refractivity (Wildman–Crippen MR) is 86.5 cm³/mol. The van der Waals surface area contributed by atoms with Gasteiger partial charge in [-0.25, -0.2) is 0 Å². The zero-order valence-electron chi connectivity index (χ0n) is 11.4. The number of hydrogen-bond donors (Lipinski definition) is 1. The molecule has 3 rings (SSSR count). The molecule has 0 radical (unpaired) electrons. The van der Waals surface area contributed by atoms with Crippen molar-refractivity contribution in [3.05, 3.63) is 56.6 Å². The molecule has 2 aromatic heterocycles. The number of thiophene rings is 2. The van der Waals surface area contributed by atoms with E-state index < -0.39 is 0 Å². The summed E-state index contributed by atoms with van der Waals surface area (Å²) >= 11 is 3.72. The Balaban J connectivity index is 2.14. The van der Waals surface area contributed by atoms with Gasteiger partial charge in [0.05, 0.1) is 6.04 Å². The molecule has 0 aliphatic rings. The van der Waals surface area contributed by atoms with Gasteiger partial charge < -0.3 is 5.32 Å². The standard InChI is InChI=1S/C16H17NS2/c1-10-9-14(19-11(10)2)15(17-3)13-6-4-5-12-7-8-18-16(12)13/h4-9,15,17H,1-3H3. The van der Waals surface area contributed by atoms with Crippen LogP contribution in [0.15, 0.2) is 35.7 Å². The van der Waals surface area contributed by atoms with Crippen molar-refractivity contribution in [2.75, 3.05) is 7.05 Å². The summed E-state index contributed by atoms with van der Waals surface area (Å²) in [6.07, 6.45) is 0. The number of hydrogen-bond acceptors (Lipinski definition) is 3. The van der Waals surface area contributed by atoms with Crippen molar-refractivity contribution in [1.29, 1.82) is 0 Å². The molecule has 19 heavy (non-hydrogen) atoms.